The zero-order chi connectivity index (χ0) is 21.8. The Labute approximate surface area is 177 Å². The van der Waals surface area contributed by atoms with Crippen LogP contribution in [-0.2, 0) is 11.2 Å². The summed E-state index contributed by atoms with van der Waals surface area (Å²) in [6, 6.07) is 2.13. The Bertz CT molecular complexity index is 785. The summed E-state index contributed by atoms with van der Waals surface area (Å²) in [5.74, 6) is 0.140. The lowest BCUT2D eigenvalue weighted by Gasteiger charge is -2.15. The summed E-state index contributed by atoms with van der Waals surface area (Å²) >= 11 is 0. The minimum Gasteiger partial charge on any atom is -0.481 e. The van der Waals surface area contributed by atoms with Gasteiger partial charge in [-0.25, -0.2) is 15.0 Å². The van der Waals surface area contributed by atoms with E-state index in [1.165, 1.54) is 0 Å². The Morgan fingerprint density at radius 2 is 1.90 bits per heavy atom. The number of carbonyl (C=O) groups is 1. The van der Waals surface area contributed by atoms with Gasteiger partial charge in [0.1, 0.15) is 5.82 Å². The highest BCUT2D eigenvalue weighted by Crippen LogP contribution is 2.26. The highest BCUT2D eigenvalue weighted by molar-refractivity contribution is 5.68. The maximum Gasteiger partial charge on any atom is 0.316 e. The maximum atomic E-state index is 11.3. The molecule has 2 aromatic heterocycles. The van der Waals surface area contributed by atoms with Crippen molar-refractivity contribution in [1.82, 2.24) is 19.9 Å². The molecular formula is C21H32N6O3. The van der Waals surface area contributed by atoms with E-state index in [0.717, 1.165) is 56.3 Å². The average molecular weight is 417 g/mol. The van der Waals surface area contributed by atoms with Crippen LogP contribution in [0.3, 0.4) is 0 Å². The summed E-state index contributed by atoms with van der Waals surface area (Å²) in [6.45, 7) is 5.10. The number of carboxylic acids is 1. The number of aliphatic carboxylic acids is 1. The van der Waals surface area contributed by atoms with Crippen molar-refractivity contribution in [3.63, 3.8) is 0 Å². The fourth-order valence-corrected chi connectivity index (χ4v) is 3.27. The molecule has 1 atom stereocenters. The molecule has 2 aromatic rings. The molecule has 0 aliphatic rings. The smallest absolute Gasteiger partial charge is 0.316 e. The minimum atomic E-state index is -0.813. The average Bonchev–Trinajstić information content (AvgIpc) is 2.70. The lowest BCUT2D eigenvalue weighted by molar-refractivity contribution is -0.137. The SMILES string of the molecule is CCNc1nc(N)cc(CCCCCCC(CC(=O)O)c2cnc(OCC)nc2)n1. The molecule has 1 unspecified atom stereocenters. The molecule has 0 saturated carbocycles. The number of rotatable bonds is 14. The third-order valence-corrected chi connectivity index (χ3v) is 4.68. The van der Waals surface area contributed by atoms with Gasteiger partial charge in [0.05, 0.1) is 13.0 Å². The fourth-order valence-electron chi connectivity index (χ4n) is 3.27. The van der Waals surface area contributed by atoms with Crippen LogP contribution in [0.5, 0.6) is 6.01 Å². The molecule has 4 N–H and O–H groups in total. The van der Waals surface area contributed by atoms with Crippen LogP contribution in [0.25, 0.3) is 0 Å². The van der Waals surface area contributed by atoms with Crippen LogP contribution in [0.4, 0.5) is 11.8 Å². The third kappa shape index (κ3) is 8.18. The molecule has 0 fully saturated rings. The third-order valence-electron chi connectivity index (χ3n) is 4.68. The number of aromatic nitrogens is 4. The van der Waals surface area contributed by atoms with Crippen LogP contribution in [0.2, 0.25) is 0 Å². The largest absolute Gasteiger partial charge is 0.481 e. The molecule has 0 radical (unpaired) electrons. The van der Waals surface area contributed by atoms with E-state index in [1.54, 1.807) is 12.4 Å². The van der Waals surface area contributed by atoms with Gasteiger partial charge in [-0.2, -0.15) is 4.98 Å². The van der Waals surface area contributed by atoms with Gasteiger partial charge in [-0.3, -0.25) is 4.79 Å². The van der Waals surface area contributed by atoms with Gasteiger partial charge in [-0.1, -0.05) is 19.3 Å². The Balaban J connectivity index is 1.78. The first-order valence-corrected chi connectivity index (χ1v) is 10.6. The standard InChI is InChI=1S/C21H32N6O3/c1-3-23-20-26-17(12-18(22)27-20)10-8-6-5-7-9-15(11-19(28)29)16-13-24-21(25-14-16)30-4-2/h12-15H,3-11H2,1-2H3,(H,28,29)(H3,22,23,26,27). The highest BCUT2D eigenvalue weighted by atomic mass is 16.5. The Morgan fingerprint density at radius 1 is 1.17 bits per heavy atom. The van der Waals surface area contributed by atoms with Crippen molar-refractivity contribution in [3.8, 4) is 6.01 Å². The van der Waals surface area contributed by atoms with Crippen LogP contribution < -0.4 is 15.8 Å². The predicted octanol–water partition coefficient (Wildman–Crippen LogP) is 3.43. The van der Waals surface area contributed by atoms with Crippen molar-refractivity contribution in [2.24, 2.45) is 0 Å². The number of nitrogens with two attached hydrogens (primary N) is 1. The van der Waals surface area contributed by atoms with E-state index in [-0.39, 0.29) is 12.3 Å². The topological polar surface area (TPSA) is 136 Å². The molecule has 2 heterocycles. The lowest BCUT2D eigenvalue weighted by atomic mass is 9.92. The number of anilines is 2. The number of hydrogen-bond donors (Lipinski definition) is 3. The lowest BCUT2D eigenvalue weighted by Crippen LogP contribution is -2.08. The second-order valence-corrected chi connectivity index (χ2v) is 7.12. The number of ether oxygens (including phenoxy) is 1. The molecule has 164 valence electrons. The molecule has 0 aromatic carbocycles. The molecule has 2 rings (SSSR count). The van der Waals surface area contributed by atoms with Gasteiger partial charge < -0.3 is 20.9 Å². The zero-order valence-corrected chi connectivity index (χ0v) is 17.8. The summed E-state index contributed by atoms with van der Waals surface area (Å²) in [5.41, 5.74) is 7.62. The molecule has 0 aliphatic carbocycles. The summed E-state index contributed by atoms with van der Waals surface area (Å²) in [6.07, 6.45) is 9.06. The van der Waals surface area contributed by atoms with Gasteiger partial charge >= 0.3 is 12.0 Å². The highest BCUT2D eigenvalue weighted by Gasteiger charge is 2.16. The van der Waals surface area contributed by atoms with E-state index in [2.05, 4.69) is 25.3 Å². The fraction of sp³-hybridized carbons (Fsp3) is 0.571. The first kappa shape index (κ1) is 23.3. The van der Waals surface area contributed by atoms with Gasteiger partial charge in [0.15, 0.2) is 0 Å². The van der Waals surface area contributed by atoms with E-state index in [4.69, 9.17) is 10.5 Å². The summed E-state index contributed by atoms with van der Waals surface area (Å²) in [7, 11) is 0. The van der Waals surface area contributed by atoms with Crippen molar-refractivity contribution >= 4 is 17.7 Å². The molecule has 0 bridgehead atoms. The van der Waals surface area contributed by atoms with Crippen molar-refractivity contribution in [2.45, 2.75) is 64.7 Å². The van der Waals surface area contributed by atoms with Crippen LogP contribution >= 0.6 is 0 Å². The number of nitrogens with one attached hydrogen (secondary N) is 1. The van der Waals surface area contributed by atoms with Gasteiger partial charge in [0.25, 0.3) is 0 Å². The second-order valence-electron chi connectivity index (χ2n) is 7.12. The zero-order valence-electron chi connectivity index (χ0n) is 17.8. The Morgan fingerprint density at radius 3 is 2.57 bits per heavy atom. The number of nitrogen functional groups attached to an aromatic ring is 1. The van der Waals surface area contributed by atoms with Gasteiger partial charge in [-0.05, 0) is 44.6 Å². The van der Waals surface area contributed by atoms with E-state index < -0.39 is 5.97 Å². The number of carboxylic acid groups (broad SMARTS) is 1. The van der Waals surface area contributed by atoms with Crippen LogP contribution in [0, 0.1) is 0 Å². The number of hydrogen-bond acceptors (Lipinski definition) is 8. The normalized spacial score (nSPS) is 11.8. The molecule has 0 saturated heterocycles. The van der Waals surface area contributed by atoms with Gasteiger partial charge in [-0.15, -0.1) is 0 Å². The van der Waals surface area contributed by atoms with Crippen molar-refractivity contribution in [1.29, 1.82) is 0 Å². The first-order valence-electron chi connectivity index (χ1n) is 10.6. The van der Waals surface area contributed by atoms with Crippen LogP contribution in [-0.4, -0.2) is 44.2 Å². The molecule has 0 spiro atoms. The van der Waals surface area contributed by atoms with Crippen molar-refractivity contribution in [3.05, 3.63) is 29.7 Å². The molecule has 9 nitrogen and oxygen atoms in total. The molecule has 0 aliphatic heterocycles. The van der Waals surface area contributed by atoms with E-state index >= 15 is 0 Å². The quantitative estimate of drug-likeness (QED) is 0.396. The van der Waals surface area contributed by atoms with Gasteiger partial charge in [0, 0.05) is 30.7 Å². The predicted molar refractivity (Wildman–Crippen MR) is 116 cm³/mol. The maximum absolute atomic E-state index is 11.3. The molecule has 30 heavy (non-hydrogen) atoms. The first-order chi connectivity index (χ1) is 14.5. The number of unbranched alkanes of at least 4 members (excludes halogenated alkanes) is 3. The molecule has 9 heteroatoms. The van der Waals surface area contributed by atoms with E-state index in [0.29, 0.717) is 24.4 Å². The summed E-state index contributed by atoms with van der Waals surface area (Å²) in [4.78, 5) is 28.2. The minimum absolute atomic E-state index is 0.0742. The monoisotopic (exact) mass is 416 g/mol. The number of aryl methyl sites for hydroxylation is 1. The second kappa shape index (κ2) is 12.6. The van der Waals surface area contributed by atoms with E-state index in [9.17, 15) is 9.90 Å². The molecule has 0 amide bonds. The van der Waals surface area contributed by atoms with Crippen LogP contribution in [0.1, 0.15) is 69.5 Å². The van der Waals surface area contributed by atoms with Crippen molar-refractivity contribution < 1.29 is 14.6 Å². The molecular weight excluding hydrogens is 384 g/mol. The van der Waals surface area contributed by atoms with Crippen molar-refractivity contribution in [2.75, 3.05) is 24.2 Å². The summed E-state index contributed by atoms with van der Waals surface area (Å²) in [5, 5.41) is 12.3. The van der Waals surface area contributed by atoms with Gasteiger partial charge in [0.2, 0.25) is 5.95 Å². The summed E-state index contributed by atoms with van der Waals surface area (Å²) < 4.78 is 5.25. The Kier molecular flexibility index (Phi) is 9.76. The van der Waals surface area contributed by atoms with E-state index in [1.807, 2.05) is 19.9 Å². The number of nitrogens with zero attached hydrogens (tertiary/aromatic N) is 4. The van der Waals surface area contributed by atoms with Crippen LogP contribution in [0.15, 0.2) is 18.5 Å². The Hall–Kier alpha value is -2.97.